The first-order chi connectivity index (χ1) is 15.2. The van der Waals surface area contributed by atoms with E-state index in [9.17, 15) is 23.2 Å². The molecule has 1 unspecified atom stereocenters. The molecule has 0 radical (unpaired) electrons. The van der Waals surface area contributed by atoms with Crippen molar-refractivity contribution in [3.8, 4) is 0 Å². The lowest BCUT2D eigenvalue weighted by molar-refractivity contribution is -0.137. The van der Waals surface area contributed by atoms with Gasteiger partial charge in [-0.15, -0.1) is 0 Å². The van der Waals surface area contributed by atoms with Crippen LogP contribution < -0.4 is 10.6 Å². The van der Waals surface area contributed by atoms with E-state index in [1.807, 2.05) is 42.5 Å². The second kappa shape index (κ2) is 10.2. The molecule has 3 rings (SSSR count). The number of nitrogens with zero attached hydrogens (tertiary/aromatic N) is 1. The van der Waals surface area contributed by atoms with Crippen LogP contribution in [0.15, 0.2) is 60.7 Å². The first-order valence-corrected chi connectivity index (χ1v) is 10.3. The predicted molar refractivity (Wildman–Crippen MR) is 115 cm³/mol. The molecule has 0 fully saturated rings. The van der Waals surface area contributed by atoms with Gasteiger partial charge < -0.3 is 15.5 Å². The second-order valence-electron chi connectivity index (χ2n) is 7.77. The number of benzene rings is 2. The van der Waals surface area contributed by atoms with Crippen LogP contribution in [0.25, 0.3) is 0 Å². The van der Waals surface area contributed by atoms with Gasteiger partial charge in [0.05, 0.1) is 12.5 Å². The highest BCUT2D eigenvalue weighted by molar-refractivity contribution is 5.92. The average Bonchev–Trinajstić information content (AvgIpc) is 2.87. The minimum Gasteiger partial charge on any atom is -0.344 e. The summed E-state index contributed by atoms with van der Waals surface area (Å²) in [7, 11) is 1.68. The third kappa shape index (κ3) is 5.78. The molecule has 8 heteroatoms. The molecule has 2 aromatic carbocycles. The van der Waals surface area contributed by atoms with Crippen molar-refractivity contribution in [3.05, 3.63) is 83.4 Å². The third-order valence-electron chi connectivity index (χ3n) is 5.27. The van der Waals surface area contributed by atoms with Crippen LogP contribution in [-0.4, -0.2) is 41.8 Å². The summed E-state index contributed by atoms with van der Waals surface area (Å²) in [4.78, 5) is 39.3. The van der Waals surface area contributed by atoms with E-state index in [2.05, 4.69) is 10.6 Å². The Morgan fingerprint density at radius 3 is 2.44 bits per heavy atom. The van der Waals surface area contributed by atoms with Gasteiger partial charge in [-0.2, -0.15) is 0 Å². The average molecular weight is 441 g/mol. The Labute approximate surface area is 185 Å². The van der Waals surface area contributed by atoms with Crippen LogP contribution in [0.3, 0.4) is 0 Å². The van der Waals surface area contributed by atoms with E-state index >= 15 is 0 Å². The fraction of sp³-hybridized carbons (Fsp3) is 0.292. The Kier molecular flexibility index (Phi) is 7.35. The van der Waals surface area contributed by atoms with Gasteiger partial charge in [0, 0.05) is 13.1 Å². The van der Waals surface area contributed by atoms with E-state index in [4.69, 9.17) is 0 Å². The van der Waals surface area contributed by atoms with Gasteiger partial charge in [-0.1, -0.05) is 42.5 Å². The van der Waals surface area contributed by atoms with Crippen LogP contribution in [0.4, 0.5) is 8.78 Å². The fourth-order valence-corrected chi connectivity index (χ4v) is 3.62. The lowest BCUT2D eigenvalue weighted by Gasteiger charge is -2.28. The zero-order valence-corrected chi connectivity index (χ0v) is 17.8. The molecule has 0 saturated carbocycles. The number of halogens is 2. The highest BCUT2D eigenvalue weighted by atomic mass is 19.1. The summed E-state index contributed by atoms with van der Waals surface area (Å²) < 4.78 is 26.6. The minimum absolute atomic E-state index is 0.158. The maximum atomic E-state index is 13.3. The molecule has 6 nitrogen and oxygen atoms in total. The van der Waals surface area contributed by atoms with Crippen LogP contribution in [0.1, 0.15) is 30.5 Å². The number of hydrogen-bond acceptors (Lipinski definition) is 3. The Hall–Kier alpha value is -3.55. The molecule has 0 aromatic heterocycles. The van der Waals surface area contributed by atoms with Crippen LogP contribution in [0.5, 0.6) is 0 Å². The predicted octanol–water partition coefficient (Wildman–Crippen LogP) is 2.66. The molecule has 168 valence electrons. The van der Waals surface area contributed by atoms with E-state index in [-0.39, 0.29) is 23.9 Å². The van der Waals surface area contributed by atoms with Gasteiger partial charge in [-0.05, 0) is 36.6 Å². The lowest BCUT2D eigenvalue weighted by Crippen LogP contribution is -2.52. The molecule has 2 N–H and O–H groups in total. The summed E-state index contributed by atoms with van der Waals surface area (Å²) in [5, 5.41) is 5.18. The molecule has 3 amide bonds. The van der Waals surface area contributed by atoms with Gasteiger partial charge in [0.15, 0.2) is 0 Å². The summed E-state index contributed by atoms with van der Waals surface area (Å²) in [5.74, 6) is -2.90. The maximum Gasteiger partial charge on any atom is 0.245 e. The summed E-state index contributed by atoms with van der Waals surface area (Å²) in [5.41, 5.74) is 1.12. The van der Waals surface area contributed by atoms with Gasteiger partial charge in [0.25, 0.3) is 0 Å². The summed E-state index contributed by atoms with van der Waals surface area (Å²) >= 11 is 0. The second-order valence-corrected chi connectivity index (χ2v) is 7.77. The number of likely N-dealkylation sites (N-methyl/N-ethyl adjacent to an activating group) is 1. The lowest BCUT2D eigenvalue weighted by atomic mass is 10.1. The monoisotopic (exact) mass is 441 g/mol. The number of hydrogen-bond donors (Lipinski definition) is 2. The molecule has 32 heavy (non-hydrogen) atoms. The van der Waals surface area contributed by atoms with Gasteiger partial charge in [-0.25, -0.2) is 8.78 Å². The molecule has 1 aliphatic rings. The zero-order chi connectivity index (χ0) is 23.3. The molecule has 1 heterocycles. The Balaban J connectivity index is 1.58. The van der Waals surface area contributed by atoms with Crippen molar-refractivity contribution in [1.82, 2.24) is 15.5 Å². The molecule has 0 saturated heterocycles. The number of carbonyl (C=O) groups is 3. The topological polar surface area (TPSA) is 78.5 Å². The van der Waals surface area contributed by atoms with E-state index in [0.29, 0.717) is 6.42 Å². The molecule has 2 aromatic rings. The van der Waals surface area contributed by atoms with E-state index < -0.39 is 35.5 Å². The van der Waals surface area contributed by atoms with E-state index in [0.717, 1.165) is 23.8 Å². The smallest absolute Gasteiger partial charge is 0.245 e. The van der Waals surface area contributed by atoms with Crippen LogP contribution >= 0.6 is 0 Å². The molecule has 0 aliphatic carbocycles. The first-order valence-electron chi connectivity index (χ1n) is 10.3. The highest BCUT2D eigenvalue weighted by Gasteiger charge is 2.31. The third-order valence-corrected chi connectivity index (χ3v) is 5.27. The van der Waals surface area contributed by atoms with Crippen molar-refractivity contribution in [3.63, 3.8) is 0 Å². The van der Waals surface area contributed by atoms with Gasteiger partial charge in [-0.3, -0.25) is 14.4 Å². The molecule has 0 spiro atoms. The number of amides is 3. The van der Waals surface area contributed by atoms with E-state index in [1.54, 1.807) is 11.9 Å². The first kappa shape index (κ1) is 23.1. The quantitative estimate of drug-likeness (QED) is 0.677. The Morgan fingerprint density at radius 1 is 1.12 bits per heavy atom. The molecule has 0 bridgehead atoms. The molecular weight excluding hydrogens is 416 g/mol. The van der Waals surface area contributed by atoms with Crippen LogP contribution in [0, 0.1) is 11.6 Å². The minimum atomic E-state index is -0.934. The molecular formula is C24H25F2N3O3. The van der Waals surface area contributed by atoms with Crippen molar-refractivity contribution >= 4 is 17.7 Å². The summed E-state index contributed by atoms with van der Waals surface area (Å²) in [6.07, 6.45) is 3.81. The standard InChI is InChI=1S/C24H25F2N3O3/c1-15(27-22(30)13-16-11-18(25)14-19(26)12-16)23(31)28-20-9-6-10-21(29(2)24(20)32)17-7-4-3-5-8-17/h3-8,10-12,14-15,20-21H,9,13H2,1-2H3,(H,27,30)(H,28,31)/t15?,20-,21-/m0/s1. The number of carbonyl (C=O) groups excluding carboxylic acids is 3. The van der Waals surface area contributed by atoms with Gasteiger partial charge >= 0.3 is 0 Å². The zero-order valence-electron chi connectivity index (χ0n) is 17.8. The summed E-state index contributed by atoms with van der Waals surface area (Å²) in [6, 6.07) is 10.4. The van der Waals surface area contributed by atoms with Crippen molar-refractivity contribution in [2.24, 2.45) is 0 Å². The number of rotatable bonds is 6. The Morgan fingerprint density at radius 2 is 1.78 bits per heavy atom. The SMILES string of the molecule is CC(NC(=O)Cc1cc(F)cc(F)c1)C(=O)N[C@H]1CC=C[C@@H](c2ccccc2)N(C)C1=O. The van der Waals surface area contributed by atoms with Crippen molar-refractivity contribution in [2.75, 3.05) is 7.05 Å². The maximum absolute atomic E-state index is 13.3. The molecule has 3 atom stereocenters. The fourth-order valence-electron chi connectivity index (χ4n) is 3.62. The van der Waals surface area contributed by atoms with Gasteiger partial charge in [0.2, 0.25) is 17.7 Å². The van der Waals surface area contributed by atoms with E-state index in [1.165, 1.54) is 6.92 Å². The normalized spacial score (nSPS) is 19.2. The van der Waals surface area contributed by atoms with Crippen LogP contribution in [-0.2, 0) is 20.8 Å². The van der Waals surface area contributed by atoms with Crippen molar-refractivity contribution < 1.29 is 23.2 Å². The number of nitrogens with one attached hydrogen (secondary N) is 2. The molecule has 1 aliphatic heterocycles. The highest BCUT2D eigenvalue weighted by Crippen LogP contribution is 2.24. The van der Waals surface area contributed by atoms with Crippen LogP contribution in [0.2, 0.25) is 0 Å². The summed E-state index contributed by atoms with van der Waals surface area (Å²) in [6.45, 7) is 1.48. The van der Waals surface area contributed by atoms with Gasteiger partial charge in [0.1, 0.15) is 23.7 Å². The Bertz CT molecular complexity index is 1010. The van der Waals surface area contributed by atoms with Crippen molar-refractivity contribution in [2.45, 2.75) is 37.9 Å². The largest absolute Gasteiger partial charge is 0.344 e. The van der Waals surface area contributed by atoms with Crippen molar-refractivity contribution in [1.29, 1.82) is 0 Å².